The van der Waals surface area contributed by atoms with Gasteiger partial charge in [0.25, 0.3) is 5.91 Å². The molecule has 1 heterocycles. The van der Waals surface area contributed by atoms with Gasteiger partial charge in [-0.2, -0.15) is 0 Å². The van der Waals surface area contributed by atoms with Crippen LogP contribution in [-0.4, -0.2) is 33.5 Å². The van der Waals surface area contributed by atoms with Crippen molar-refractivity contribution in [2.45, 2.75) is 51.5 Å². The first-order chi connectivity index (χ1) is 15.8. The molecule has 7 nitrogen and oxygen atoms in total. The largest absolute Gasteiger partial charge is 0.481 e. The zero-order valence-corrected chi connectivity index (χ0v) is 19.7. The van der Waals surface area contributed by atoms with Gasteiger partial charge in [-0.05, 0) is 36.5 Å². The number of carboxylic acid groups (broad SMARTS) is 1. The summed E-state index contributed by atoms with van der Waals surface area (Å²) in [6.07, 6.45) is 5.99. The lowest BCUT2D eigenvalue weighted by molar-refractivity contribution is -0.137. The maximum Gasteiger partial charge on any atom is 0.305 e. The van der Waals surface area contributed by atoms with Gasteiger partial charge in [0.15, 0.2) is 0 Å². The number of amides is 1. The molecule has 0 saturated heterocycles. The van der Waals surface area contributed by atoms with Crippen molar-refractivity contribution >= 4 is 52.3 Å². The molecule has 0 radical (unpaired) electrons. The Hall–Kier alpha value is -2.77. The number of hydrogen-bond acceptors (Lipinski definition) is 5. The summed E-state index contributed by atoms with van der Waals surface area (Å²) in [4.78, 5) is 44.7. The van der Waals surface area contributed by atoms with E-state index in [0.717, 1.165) is 25.0 Å². The number of carboxylic acids is 1. The minimum Gasteiger partial charge on any atom is -0.481 e. The van der Waals surface area contributed by atoms with Crippen LogP contribution in [0.2, 0.25) is 10.0 Å². The Morgan fingerprint density at radius 1 is 1.18 bits per heavy atom. The molecular formula is C24H25Cl2N3O4. The van der Waals surface area contributed by atoms with Crippen LogP contribution in [0.4, 0.5) is 5.69 Å². The third-order valence-corrected chi connectivity index (χ3v) is 6.05. The number of rotatable bonds is 8. The molecule has 2 unspecified atom stereocenters. The molecule has 0 spiro atoms. The molecule has 1 aromatic heterocycles. The van der Waals surface area contributed by atoms with Crippen molar-refractivity contribution in [1.29, 1.82) is 0 Å². The Morgan fingerprint density at radius 2 is 1.85 bits per heavy atom. The highest BCUT2D eigenvalue weighted by molar-refractivity contribution is 6.40. The van der Waals surface area contributed by atoms with E-state index in [0.29, 0.717) is 17.7 Å². The summed E-state index contributed by atoms with van der Waals surface area (Å²) in [7, 11) is 0. The van der Waals surface area contributed by atoms with Crippen molar-refractivity contribution in [3.8, 4) is 0 Å². The SMILES string of the molecule is CCCC1CC(=O)CC(=NC(CC(=O)O)c2ccc(NC(=O)c3c(Cl)cncc3Cl)cc2)C1. The van der Waals surface area contributed by atoms with E-state index in [-0.39, 0.29) is 40.2 Å². The normalized spacial score (nSPS) is 18.2. The number of aliphatic carboxylic acids is 1. The highest BCUT2D eigenvalue weighted by Crippen LogP contribution is 2.29. The van der Waals surface area contributed by atoms with Crippen molar-refractivity contribution in [2.24, 2.45) is 10.9 Å². The van der Waals surface area contributed by atoms with Gasteiger partial charge < -0.3 is 10.4 Å². The molecule has 174 valence electrons. The molecule has 1 aliphatic rings. The Bertz CT molecular complexity index is 1050. The number of hydrogen-bond donors (Lipinski definition) is 2. The average molecular weight is 490 g/mol. The van der Waals surface area contributed by atoms with Gasteiger partial charge in [-0.25, -0.2) is 0 Å². The molecule has 3 rings (SSSR count). The van der Waals surface area contributed by atoms with Gasteiger partial charge in [0.2, 0.25) is 0 Å². The molecule has 1 amide bonds. The Balaban J connectivity index is 1.78. The van der Waals surface area contributed by atoms with Crippen molar-refractivity contribution < 1.29 is 19.5 Å². The zero-order chi connectivity index (χ0) is 24.0. The molecule has 0 aliphatic heterocycles. The van der Waals surface area contributed by atoms with E-state index >= 15 is 0 Å². The van der Waals surface area contributed by atoms with Crippen LogP contribution in [0, 0.1) is 5.92 Å². The topological polar surface area (TPSA) is 109 Å². The minimum absolute atomic E-state index is 0.121. The molecule has 2 aromatic rings. The summed E-state index contributed by atoms with van der Waals surface area (Å²) in [6.45, 7) is 2.08. The van der Waals surface area contributed by atoms with Crippen molar-refractivity contribution in [3.05, 3.63) is 57.8 Å². The third-order valence-electron chi connectivity index (χ3n) is 5.48. The number of nitrogens with zero attached hydrogens (tertiary/aromatic N) is 2. The fourth-order valence-electron chi connectivity index (χ4n) is 4.04. The number of carbonyl (C=O) groups is 3. The first kappa shape index (κ1) is 24.9. The van der Waals surface area contributed by atoms with Crippen molar-refractivity contribution in [2.75, 3.05) is 5.32 Å². The van der Waals surface area contributed by atoms with Crippen LogP contribution in [0.1, 0.15) is 67.4 Å². The highest BCUT2D eigenvalue weighted by atomic mass is 35.5. The van der Waals surface area contributed by atoms with Crippen LogP contribution in [-0.2, 0) is 9.59 Å². The molecule has 1 aliphatic carbocycles. The van der Waals surface area contributed by atoms with Gasteiger partial charge >= 0.3 is 5.97 Å². The fourth-order valence-corrected chi connectivity index (χ4v) is 4.58. The molecule has 9 heteroatoms. The quantitative estimate of drug-likeness (QED) is 0.489. The lowest BCUT2D eigenvalue weighted by atomic mass is 9.84. The first-order valence-corrected chi connectivity index (χ1v) is 11.5. The molecule has 2 atom stereocenters. The van der Waals surface area contributed by atoms with E-state index in [9.17, 15) is 19.5 Å². The Labute approximate surface area is 202 Å². The number of carbonyl (C=O) groups excluding carboxylic acids is 2. The van der Waals surface area contributed by atoms with E-state index in [4.69, 9.17) is 23.2 Å². The summed E-state index contributed by atoms with van der Waals surface area (Å²) in [5.41, 5.74) is 2.06. The molecule has 33 heavy (non-hydrogen) atoms. The number of benzene rings is 1. The fraction of sp³-hybridized carbons (Fsp3) is 0.375. The number of anilines is 1. The van der Waals surface area contributed by atoms with Crippen LogP contribution in [0.5, 0.6) is 0 Å². The van der Waals surface area contributed by atoms with Crippen molar-refractivity contribution in [3.63, 3.8) is 0 Å². The summed E-state index contributed by atoms with van der Waals surface area (Å²) in [6, 6.07) is 6.16. The highest BCUT2D eigenvalue weighted by Gasteiger charge is 2.25. The predicted molar refractivity (Wildman–Crippen MR) is 128 cm³/mol. The van der Waals surface area contributed by atoms with Gasteiger partial charge in [0.05, 0.1) is 28.1 Å². The predicted octanol–water partition coefficient (Wildman–Crippen LogP) is 5.77. The number of halogens is 2. The molecule has 1 aromatic carbocycles. The van der Waals surface area contributed by atoms with Crippen LogP contribution in [0.3, 0.4) is 0 Å². The van der Waals surface area contributed by atoms with Gasteiger partial charge in [-0.15, -0.1) is 0 Å². The summed E-state index contributed by atoms with van der Waals surface area (Å²) >= 11 is 12.1. The maximum absolute atomic E-state index is 12.6. The average Bonchev–Trinajstić information content (AvgIpc) is 2.73. The monoisotopic (exact) mass is 489 g/mol. The number of aromatic nitrogens is 1. The smallest absolute Gasteiger partial charge is 0.305 e. The van der Waals surface area contributed by atoms with Crippen LogP contribution < -0.4 is 5.32 Å². The van der Waals surface area contributed by atoms with Crippen LogP contribution in [0.15, 0.2) is 41.7 Å². The third kappa shape index (κ3) is 6.85. The minimum atomic E-state index is -0.976. The van der Waals surface area contributed by atoms with Crippen LogP contribution >= 0.6 is 23.2 Å². The molecule has 2 N–H and O–H groups in total. The van der Waals surface area contributed by atoms with E-state index in [2.05, 4.69) is 22.2 Å². The number of aliphatic imine (C=N–C) groups is 1. The first-order valence-electron chi connectivity index (χ1n) is 10.8. The van der Waals surface area contributed by atoms with E-state index < -0.39 is 17.9 Å². The summed E-state index contributed by atoms with van der Waals surface area (Å²) in [5, 5.41) is 12.4. The van der Waals surface area contributed by atoms with E-state index in [1.165, 1.54) is 12.4 Å². The second-order valence-corrected chi connectivity index (χ2v) is 8.96. The standard InChI is InChI=1S/C24H25Cl2N3O4/c1-2-3-14-8-17(10-18(30)9-14)28-21(11-22(31)32)15-4-6-16(7-5-15)29-24(33)23-19(25)12-27-13-20(23)26/h4-7,12-14,21H,2-3,8-11H2,1H3,(H,29,33)(H,31,32). The van der Waals surface area contributed by atoms with Gasteiger partial charge in [-0.1, -0.05) is 48.7 Å². The molecule has 0 bridgehead atoms. The number of pyridine rings is 1. The second kappa shape index (κ2) is 11.4. The number of Topliss-reactive ketones (excluding diaryl/α,β-unsaturated/α-hetero) is 1. The van der Waals surface area contributed by atoms with Crippen molar-refractivity contribution in [1.82, 2.24) is 4.98 Å². The Morgan fingerprint density at radius 3 is 2.45 bits per heavy atom. The van der Waals surface area contributed by atoms with Gasteiger partial charge in [0.1, 0.15) is 5.78 Å². The summed E-state index contributed by atoms with van der Waals surface area (Å²) in [5.74, 6) is -1.04. The van der Waals surface area contributed by atoms with Crippen LogP contribution in [0.25, 0.3) is 0 Å². The second-order valence-electron chi connectivity index (χ2n) is 8.14. The lowest BCUT2D eigenvalue weighted by Crippen LogP contribution is -2.23. The maximum atomic E-state index is 12.6. The molecule has 1 fully saturated rings. The lowest BCUT2D eigenvalue weighted by Gasteiger charge is -2.23. The Kier molecular flexibility index (Phi) is 8.58. The van der Waals surface area contributed by atoms with Gasteiger partial charge in [0, 0.05) is 36.6 Å². The molecule has 1 saturated carbocycles. The number of ketones is 1. The van der Waals surface area contributed by atoms with Gasteiger partial charge in [-0.3, -0.25) is 24.4 Å². The number of nitrogens with one attached hydrogen (secondary N) is 1. The van der Waals surface area contributed by atoms with E-state index in [1.54, 1.807) is 24.3 Å². The van der Waals surface area contributed by atoms with E-state index in [1.807, 2.05) is 0 Å². The summed E-state index contributed by atoms with van der Waals surface area (Å²) < 4.78 is 0. The zero-order valence-electron chi connectivity index (χ0n) is 18.2. The molecular weight excluding hydrogens is 465 g/mol.